The van der Waals surface area contributed by atoms with Crippen LogP contribution in [0.5, 0.6) is 0 Å². The quantitative estimate of drug-likeness (QED) is 0.516. The fraction of sp³-hybridized carbons (Fsp3) is 0.385. The van der Waals surface area contributed by atoms with Crippen molar-refractivity contribution >= 4 is 35.0 Å². The standard InChI is InChI=1S/C13H16O2S2/c1-4-15-12(14)13(2,3)10-8-6-5-7-9(10)11(16)17/h5-8H,4H2,1-3H3,(H,16,17). The summed E-state index contributed by atoms with van der Waals surface area (Å²) in [6.07, 6.45) is 0. The Morgan fingerprint density at radius 3 is 2.53 bits per heavy atom. The fourth-order valence-corrected chi connectivity index (χ4v) is 2.01. The zero-order valence-electron chi connectivity index (χ0n) is 10.2. The SMILES string of the molecule is CCOC(=O)C(C)(C)c1ccccc1C(=S)S. The van der Waals surface area contributed by atoms with Crippen LogP contribution in [0, 0.1) is 0 Å². The van der Waals surface area contributed by atoms with Crippen molar-refractivity contribution in [3.63, 3.8) is 0 Å². The van der Waals surface area contributed by atoms with Gasteiger partial charge in [0.15, 0.2) is 0 Å². The van der Waals surface area contributed by atoms with E-state index in [1.807, 2.05) is 38.1 Å². The number of hydrogen-bond acceptors (Lipinski definition) is 3. The highest BCUT2D eigenvalue weighted by Gasteiger charge is 2.33. The lowest BCUT2D eigenvalue weighted by atomic mass is 9.82. The monoisotopic (exact) mass is 268 g/mol. The molecular weight excluding hydrogens is 252 g/mol. The van der Waals surface area contributed by atoms with Crippen LogP contribution in [0.4, 0.5) is 0 Å². The summed E-state index contributed by atoms with van der Waals surface area (Å²) in [4.78, 5) is 11.9. The summed E-state index contributed by atoms with van der Waals surface area (Å²) in [6, 6.07) is 7.51. The minimum absolute atomic E-state index is 0.253. The lowest BCUT2D eigenvalue weighted by Gasteiger charge is -2.25. The molecule has 0 atom stereocenters. The van der Waals surface area contributed by atoms with Crippen molar-refractivity contribution < 1.29 is 9.53 Å². The minimum atomic E-state index is -0.723. The molecule has 0 N–H and O–H groups in total. The normalized spacial score (nSPS) is 11.1. The van der Waals surface area contributed by atoms with Gasteiger partial charge in [0.25, 0.3) is 0 Å². The Labute approximate surface area is 113 Å². The molecule has 0 saturated heterocycles. The van der Waals surface area contributed by atoms with Crippen LogP contribution in [0.1, 0.15) is 31.9 Å². The van der Waals surface area contributed by atoms with E-state index < -0.39 is 5.41 Å². The van der Waals surface area contributed by atoms with Gasteiger partial charge in [-0.25, -0.2) is 0 Å². The van der Waals surface area contributed by atoms with Gasteiger partial charge in [-0.05, 0) is 26.3 Å². The van der Waals surface area contributed by atoms with Crippen LogP contribution in [0.3, 0.4) is 0 Å². The molecule has 0 aliphatic carbocycles. The van der Waals surface area contributed by atoms with Gasteiger partial charge in [-0.1, -0.05) is 36.5 Å². The Hall–Kier alpha value is -0.870. The van der Waals surface area contributed by atoms with Gasteiger partial charge in [0.1, 0.15) is 0 Å². The number of esters is 1. The molecule has 0 aromatic heterocycles. The van der Waals surface area contributed by atoms with Crippen molar-refractivity contribution in [2.45, 2.75) is 26.2 Å². The number of carbonyl (C=O) groups is 1. The molecule has 1 aromatic rings. The van der Waals surface area contributed by atoms with E-state index >= 15 is 0 Å². The summed E-state index contributed by atoms with van der Waals surface area (Å²) < 4.78 is 5.57. The molecule has 0 saturated carbocycles. The molecule has 0 radical (unpaired) electrons. The minimum Gasteiger partial charge on any atom is -0.465 e. The summed E-state index contributed by atoms with van der Waals surface area (Å²) in [6.45, 7) is 5.82. The Bertz CT molecular complexity index is 439. The average Bonchev–Trinajstić information content (AvgIpc) is 2.29. The predicted molar refractivity (Wildman–Crippen MR) is 76.8 cm³/mol. The van der Waals surface area contributed by atoms with Gasteiger partial charge in [-0.3, -0.25) is 4.79 Å². The lowest BCUT2D eigenvalue weighted by molar-refractivity contribution is -0.148. The van der Waals surface area contributed by atoms with Crippen LogP contribution in [-0.4, -0.2) is 16.8 Å². The van der Waals surface area contributed by atoms with E-state index in [0.29, 0.717) is 10.8 Å². The number of hydrogen-bond donors (Lipinski definition) is 1. The Morgan fingerprint density at radius 1 is 1.41 bits per heavy atom. The van der Waals surface area contributed by atoms with E-state index in [-0.39, 0.29) is 5.97 Å². The predicted octanol–water partition coefficient (Wildman–Crippen LogP) is 3.13. The van der Waals surface area contributed by atoms with Gasteiger partial charge >= 0.3 is 5.97 Å². The van der Waals surface area contributed by atoms with Gasteiger partial charge in [0.05, 0.1) is 16.2 Å². The Balaban J connectivity index is 3.23. The molecule has 1 aromatic carbocycles. The highest BCUT2D eigenvalue weighted by molar-refractivity contribution is 8.11. The fourth-order valence-electron chi connectivity index (χ4n) is 1.64. The third-order valence-electron chi connectivity index (χ3n) is 2.62. The van der Waals surface area contributed by atoms with Gasteiger partial charge < -0.3 is 4.74 Å². The highest BCUT2D eigenvalue weighted by atomic mass is 32.1. The summed E-state index contributed by atoms with van der Waals surface area (Å²) in [5, 5.41) is 0. The molecule has 4 heteroatoms. The first-order valence-electron chi connectivity index (χ1n) is 5.41. The van der Waals surface area contributed by atoms with Crippen molar-refractivity contribution in [3.05, 3.63) is 35.4 Å². The summed E-state index contributed by atoms with van der Waals surface area (Å²) in [5.74, 6) is -0.253. The molecular formula is C13H16O2S2. The number of thiocarbonyl (C=S) groups is 1. The van der Waals surface area contributed by atoms with E-state index in [1.165, 1.54) is 0 Å². The molecule has 0 fully saturated rings. The van der Waals surface area contributed by atoms with Crippen molar-refractivity contribution in [3.8, 4) is 0 Å². The molecule has 0 aliphatic rings. The third-order valence-corrected chi connectivity index (χ3v) is 3.08. The van der Waals surface area contributed by atoms with Crippen molar-refractivity contribution in [2.24, 2.45) is 0 Å². The van der Waals surface area contributed by atoms with E-state index in [2.05, 4.69) is 12.6 Å². The smallest absolute Gasteiger partial charge is 0.315 e. The molecule has 0 unspecified atom stereocenters. The number of carbonyl (C=O) groups excluding carboxylic acids is 1. The van der Waals surface area contributed by atoms with Crippen LogP contribution >= 0.6 is 24.8 Å². The first-order valence-corrected chi connectivity index (χ1v) is 6.26. The van der Waals surface area contributed by atoms with Crippen molar-refractivity contribution in [1.29, 1.82) is 0 Å². The van der Waals surface area contributed by atoms with Crippen molar-refractivity contribution in [1.82, 2.24) is 0 Å². The van der Waals surface area contributed by atoms with Crippen LogP contribution in [-0.2, 0) is 14.9 Å². The third kappa shape index (κ3) is 3.07. The molecule has 2 nitrogen and oxygen atoms in total. The Kier molecular flexibility index (Phi) is 4.71. The molecule has 17 heavy (non-hydrogen) atoms. The van der Waals surface area contributed by atoms with Crippen LogP contribution < -0.4 is 0 Å². The maximum atomic E-state index is 11.9. The molecule has 0 bridgehead atoms. The molecule has 0 spiro atoms. The maximum absolute atomic E-state index is 11.9. The van der Waals surface area contributed by atoms with Crippen LogP contribution in [0.25, 0.3) is 0 Å². The molecule has 0 aliphatic heterocycles. The largest absolute Gasteiger partial charge is 0.465 e. The van der Waals surface area contributed by atoms with Crippen molar-refractivity contribution in [2.75, 3.05) is 6.61 Å². The van der Waals surface area contributed by atoms with E-state index in [4.69, 9.17) is 17.0 Å². The van der Waals surface area contributed by atoms with Crippen LogP contribution in [0.2, 0.25) is 0 Å². The number of benzene rings is 1. The topological polar surface area (TPSA) is 26.3 Å². The highest BCUT2D eigenvalue weighted by Crippen LogP contribution is 2.29. The van der Waals surface area contributed by atoms with E-state index in [1.54, 1.807) is 6.92 Å². The second-order valence-corrected chi connectivity index (χ2v) is 5.35. The zero-order chi connectivity index (χ0) is 13.1. The van der Waals surface area contributed by atoms with Gasteiger partial charge in [0.2, 0.25) is 0 Å². The molecule has 1 rings (SSSR count). The molecule has 0 amide bonds. The molecule has 92 valence electrons. The molecule has 0 heterocycles. The summed E-state index contributed by atoms with van der Waals surface area (Å²) >= 11 is 9.27. The Morgan fingerprint density at radius 2 is 2.00 bits per heavy atom. The number of thiol groups is 1. The first-order chi connectivity index (χ1) is 7.91. The van der Waals surface area contributed by atoms with Gasteiger partial charge in [-0.15, -0.1) is 12.6 Å². The van der Waals surface area contributed by atoms with Gasteiger partial charge in [-0.2, -0.15) is 0 Å². The summed E-state index contributed by atoms with van der Waals surface area (Å²) in [5.41, 5.74) is 0.932. The lowest BCUT2D eigenvalue weighted by Crippen LogP contribution is -2.32. The first kappa shape index (κ1) is 14.2. The number of ether oxygens (including phenoxy) is 1. The van der Waals surface area contributed by atoms with Crippen LogP contribution in [0.15, 0.2) is 24.3 Å². The van der Waals surface area contributed by atoms with Gasteiger partial charge in [0, 0.05) is 5.56 Å². The maximum Gasteiger partial charge on any atom is 0.315 e. The summed E-state index contributed by atoms with van der Waals surface area (Å²) in [7, 11) is 0. The van der Waals surface area contributed by atoms with E-state index in [0.717, 1.165) is 11.1 Å². The second-order valence-electron chi connectivity index (χ2n) is 4.20. The zero-order valence-corrected chi connectivity index (χ0v) is 11.9. The van der Waals surface area contributed by atoms with E-state index in [9.17, 15) is 4.79 Å². The number of rotatable bonds is 4. The average molecular weight is 268 g/mol. The second kappa shape index (κ2) is 5.65.